The van der Waals surface area contributed by atoms with Gasteiger partial charge < -0.3 is 19.6 Å². The predicted molar refractivity (Wildman–Crippen MR) is 80.9 cm³/mol. The average Bonchev–Trinajstić information content (AvgIpc) is 2.92. The minimum Gasteiger partial charge on any atom is -0.479 e. The average molecular weight is 328 g/mol. The molecule has 0 bridgehead atoms. The van der Waals surface area contributed by atoms with Crippen molar-refractivity contribution in [2.75, 3.05) is 32.8 Å². The molecule has 0 aromatic carbocycles. The Bertz CT molecular complexity index is 484. The van der Waals surface area contributed by atoms with E-state index in [-0.39, 0.29) is 24.3 Å². The molecule has 1 N–H and O–H groups in total. The quantitative estimate of drug-likeness (QED) is 0.857. The van der Waals surface area contributed by atoms with Crippen molar-refractivity contribution in [1.82, 2.24) is 9.80 Å². The normalized spacial score (nSPS) is 33.5. The van der Waals surface area contributed by atoms with Gasteiger partial charge in [-0.25, -0.2) is 14.0 Å². The van der Waals surface area contributed by atoms with Crippen LogP contribution in [-0.2, 0) is 9.53 Å². The first-order valence-electron chi connectivity index (χ1n) is 8.46. The molecule has 0 atom stereocenters. The zero-order chi connectivity index (χ0) is 16.7. The molecule has 0 aromatic heterocycles. The van der Waals surface area contributed by atoms with Gasteiger partial charge in [0.25, 0.3) is 0 Å². The van der Waals surface area contributed by atoms with Crippen LogP contribution in [0.5, 0.6) is 0 Å². The lowest BCUT2D eigenvalue weighted by Gasteiger charge is -2.51. The number of ether oxygens (including phenoxy) is 1. The molecule has 6 nitrogen and oxygen atoms in total. The van der Waals surface area contributed by atoms with Gasteiger partial charge in [0.05, 0.1) is 6.61 Å². The number of piperidine rings is 1. The van der Waals surface area contributed by atoms with Crippen LogP contribution in [0.3, 0.4) is 0 Å². The number of hydrogen-bond donors (Lipinski definition) is 1. The van der Waals surface area contributed by atoms with E-state index in [9.17, 15) is 14.0 Å². The maximum absolute atomic E-state index is 14.1. The van der Waals surface area contributed by atoms with E-state index in [0.717, 1.165) is 32.4 Å². The summed E-state index contributed by atoms with van der Waals surface area (Å²) in [5.41, 5.74) is -1.86. The van der Waals surface area contributed by atoms with Crippen molar-refractivity contribution >= 4 is 12.1 Å². The van der Waals surface area contributed by atoms with Crippen LogP contribution in [0.1, 0.15) is 39.0 Å². The number of carbonyl (C=O) groups excluding carboxylic acids is 1. The van der Waals surface area contributed by atoms with Gasteiger partial charge in [-0.3, -0.25) is 0 Å². The number of amides is 1. The van der Waals surface area contributed by atoms with Gasteiger partial charge in [-0.15, -0.1) is 0 Å². The van der Waals surface area contributed by atoms with E-state index < -0.39 is 11.6 Å². The van der Waals surface area contributed by atoms with Crippen LogP contribution in [0.25, 0.3) is 0 Å². The van der Waals surface area contributed by atoms with Crippen molar-refractivity contribution in [1.29, 1.82) is 0 Å². The van der Waals surface area contributed by atoms with E-state index in [1.54, 1.807) is 4.90 Å². The van der Waals surface area contributed by atoms with Gasteiger partial charge in [0.2, 0.25) is 5.67 Å². The van der Waals surface area contributed by atoms with Crippen LogP contribution in [0, 0.1) is 5.41 Å². The lowest BCUT2D eigenvalue weighted by Crippen LogP contribution is -2.56. The Kier molecular flexibility index (Phi) is 4.25. The topological polar surface area (TPSA) is 70.1 Å². The number of aliphatic carboxylic acids is 1. The molecule has 23 heavy (non-hydrogen) atoms. The number of rotatable bonds is 3. The highest BCUT2D eigenvalue weighted by molar-refractivity contribution is 5.77. The second-order valence-electron chi connectivity index (χ2n) is 7.24. The molecule has 2 saturated heterocycles. The first-order valence-corrected chi connectivity index (χ1v) is 8.46. The Balaban J connectivity index is 1.47. The van der Waals surface area contributed by atoms with Crippen LogP contribution >= 0.6 is 0 Å². The number of alkyl halides is 1. The molecule has 3 fully saturated rings. The molecule has 0 unspecified atom stereocenters. The molecule has 0 radical (unpaired) electrons. The van der Waals surface area contributed by atoms with Gasteiger partial charge in [0, 0.05) is 45.1 Å². The lowest BCUT2D eigenvalue weighted by atomic mass is 9.64. The molecular formula is C16H25FN2O4. The number of carboxylic acid groups (broad SMARTS) is 1. The Hall–Kier alpha value is -1.37. The van der Waals surface area contributed by atoms with Crippen molar-refractivity contribution in [3.8, 4) is 0 Å². The summed E-state index contributed by atoms with van der Waals surface area (Å²) in [6.07, 6.45) is 2.93. The van der Waals surface area contributed by atoms with Crippen molar-refractivity contribution in [2.45, 2.75) is 50.7 Å². The maximum atomic E-state index is 14.1. The molecule has 1 saturated carbocycles. The molecule has 3 rings (SSSR count). The summed E-state index contributed by atoms with van der Waals surface area (Å²) in [6, 6.07) is 0.399. The highest BCUT2D eigenvalue weighted by Gasteiger charge is 2.53. The molecule has 3 aliphatic rings. The minimum atomic E-state index is -2.05. The van der Waals surface area contributed by atoms with E-state index in [4.69, 9.17) is 9.84 Å². The molecule has 1 amide bonds. The SMILES string of the molecule is CCOC(=O)N1CCC2(CC(N3CCC(F)(C(=O)O)CC3)C2)C1. The monoisotopic (exact) mass is 328 g/mol. The maximum Gasteiger partial charge on any atom is 0.409 e. The fourth-order valence-corrected chi connectivity index (χ4v) is 4.29. The van der Waals surface area contributed by atoms with E-state index in [1.807, 2.05) is 6.92 Å². The van der Waals surface area contributed by atoms with Gasteiger partial charge in [-0.1, -0.05) is 0 Å². The second kappa shape index (κ2) is 5.92. The van der Waals surface area contributed by atoms with Crippen molar-refractivity contribution in [3.63, 3.8) is 0 Å². The summed E-state index contributed by atoms with van der Waals surface area (Å²) in [7, 11) is 0. The second-order valence-corrected chi connectivity index (χ2v) is 7.24. The fraction of sp³-hybridized carbons (Fsp3) is 0.875. The van der Waals surface area contributed by atoms with Crippen molar-refractivity contribution in [2.24, 2.45) is 5.41 Å². The van der Waals surface area contributed by atoms with Gasteiger partial charge >= 0.3 is 12.1 Å². The number of hydrogen-bond acceptors (Lipinski definition) is 4. The van der Waals surface area contributed by atoms with Crippen LogP contribution in [0.4, 0.5) is 9.18 Å². The summed E-state index contributed by atoms with van der Waals surface area (Å²) in [6.45, 7) is 4.71. The zero-order valence-corrected chi connectivity index (χ0v) is 13.6. The van der Waals surface area contributed by atoms with Gasteiger partial charge in [0.1, 0.15) is 0 Å². The Morgan fingerprint density at radius 2 is 1.87 bits per heavy atom. The smallest absolute Gasteiger partial charge is 0.409 e. The highest BCUT2D eigenvalue weighted by atomic mass is 19.1. The van der Waals surface area contributed by atoms with Gasteiger partial charge in [-0.2, -0.15) is 0 Å². The lowest BCUT2D eigenvalue weighted by molar-refractivity contribution is -0.155. The van der Waals surface area contributed by atoms with Gasteiger partial charge in [0.15, 0.2) is 0 Å². The Labute approximate surface area is 135 Å². The van der Waals surface area contributed by atoms with E-state index >= 15 is 0 Å². The minimum absolute atomic E-state index is 0.0702. The third-order valence-electron chi connectivity index (χ3n) is 5.79. The van der Waals surface area contributed by atoms with E-state index in [0.29, 0.717) is 25.7 Å². The molecule has 2 heterocycles. The van der Waals surface area contributed by atoms with Crippen LogP contribution in [0.15, 0.2) is 0 Å². The zero-order valence-electron chi connectivity index (χ0n) is 13.6. The Morgan fingerprint density at radius 1 is 1.22 bits per heavy atom. The standard InChI is InChI=1S/C16H25FN2O4/c1-2-23-14(22)19-6-3-15(11-19)9-12(10-15)18-7-4-16(17,5-8-18)13(20)21/h12H,2-11H2,1H3,(H,20,21). The third kappa shape index (κ3) is 3.03. The largest absolute Gasteiger partial charge is 0.479 e. The number of halogens is 1. The molecule has 0 aromatic rings. The summed E-state index contributed by atoms with van der Waals surface area (Å²) in [5, 5.41) is 8.94. The molecule has 1 spiro atoms. The van der Waals surface area contributed by atoms with Crippen LogP contribution < -0.4 is 0 Å². The Morgan fingerprint density at radius 3 is 2.43 bits per heavy atom. The summed E-state index contributed by atoms with van der Waals surface area (Å²) in [4.78, 5) is 26.7. The van der Waals surface area contributed by atoms with E-state index in [1.165, 1.54) is 0 Å². The number of carboxylic acids is 1. The summed E-state index contributed by atoms with van der Waals surface area (Å²) >= 11 is 0. The van der Waals surface area contributed by atoms with E-state index in [2.05, 4.69) is 4.90 Å². The number of carbonyl (C=O) groups is 2. The number of nitrogens with zero attached hydrogens (tertiary/aromatic N) is 2. The first kappa shape index (κ1) is 16.5. The first-order chi connectivity index (χ1) is 10.9. The fourth-order valence-electron chi connectivity index (χ4n) is 4.29. The summed E-state index contributed by atoms with van der Waals surface area (Å²) in [5.74, 6) is -1.33. The highest BCUT2D eigenvalue weighted by Crippen LogP contribution is 2.51. The van der Waals surface area contributed by atoms with Crippen LogP contribution in [0.2, 0.25) is 0 Å². The molecule has 7 heteroatoms. The molecular weight excluding hydrogens is 303 g/mol. The predicted octanol–water partition coefficient (Wildman–Crippen LogP) is 1.89. The van der Waals surface area contributed by atoms with Crippen molar-refractivity contribution < 1.29 is 23.8 Å². The van der Waals surface area contributed by atoms with Crippen LogP contribution in [-0.4, -0.2) is 71.5 Å². The summed E-state index contributed by atoms with van der Waals surface area (Å²) < 4.78 is 19.1. The molecule has 130 valence electrons. The number of likely N-dealkylation sites (tertiary alicyclic amines) is 2. The third-order valence-corrected chi connectivity index (χ3v) is 5.79. The van der Waals surface area contributed by atoms with Crippen molar-refractivity contribution in [3.05, 3.63) is 0 Å². The van der Waals surface area contributed by atoms with Gasteiger partial charge in [-0.05, 0) is 31.6 Å². The molecule has 1 aliphatic carbocycles. The molecule has 2 aliphatic heterocycles.